The third-order valence-corrected chi connectivity index (χ3v) is 9.39. The second-order valence-corrected chi connectivity index (χ2v) is 11.9. The lowest BCUT2D eigenvalue weighted by Crippen LogP contribution is -2.43. The summed E-state index contributed by atoms with van der Waals surface area (Å²) in [6.45, 7) is 2.99. The van der Waals surface area contributed by atoms with E-state index >= 15 is 0 Å². The minimum Gasteiger partial charge on any atom is -0.356 e. The van der Waals surface area contributed by atoms with Gasteiger partial charge < -0.3 is 10.2 Å². The van der Waals surface area contributed by atoms with Crippen LogP contribution in [0.5, 0.6) is 0 Å². The van der Waals surface area contributed by atoms with Crippen LogP contribution in [-0.4, -0.2) is 49.8 Å². The number of hydrogen-bond acceptors (Lipinski definition) is 5. The van der Waals surface area contributed by atoms with Gasteiger partial charge in [0.2, 0.25) is 15.9 Å². The van der Waals surface area contributed by atoms with Crippen LogP contribution in [0.15, 0.2) is 59.5 Å². The van der Waals surface area contributed by atoms with E-state index in [-0.39, 0.29) is 11.8 Å². The van der Waals surface area contributed by atoms with Crippen molar-refractivity contribution in [3.05, 3.63) is 65.2 Å². The molecule has 3 aromatic rings. The summed E-state index contributed by atoms with van der Waals surface area (Å²) < 4.78 is 27.7. The largest absolute Gasteiger partial charge is 0.356 e. The summed E-state index contributed by atoms with van der Waals surface area (Å²) in [5.41, 5.74) is 1.65. The Kier molecular flexibility index (Phi) is 7.46. The zero-order valence-electron chi connectivity index (χ0n) is 20.2. The molecule has 5 rings (SSSR count). The molecule has 190 valence electrons. The first-order valence-electron chi connectivity index (χ1n) is 12.6. The normalized spacial score (nSPS) is 19.4. The van der Waals surface area contributed by atoms with Crippen LogP contribution in [0.2, 0.25) is 5.02 Å². The average molecular weight is 527 g/mol. The minimum atomic E-state index is -3.49. The maximum absolute atomic E-state index is 13.1. The molecule has 1 aromatic heterocycles. The van der Waals surface area contributed by atoms with Gasteiger partial charge in [0.25, 0.3) is 0 Å². The van der Waals surface area contributed by atoms with Crippen LogP contribution in [0.25, 0.3) is 10.9 Å². The summed E-state index contributed by atoms with van der Waals surface area (Å²) in [6, 6.07) is 16.5. The zero-order valence-corrected chi connectivity index (χ0v) is 21.8. The van der Waals surface area contributed by atoms with Gasteiger partial charge in [0.05, 0.1) is 16.3 Å². The van der Waals surface area contributed by atoms with Crippen molar-refractivity contribution < 1.29 is 13.2 Å². The van der Waals surface area contributed by atoms with Gasteiger partial charge in [0.15, 0.2) is 0 Å². The first-order valence-corrected chi connectivity index (χ1v) is 14.4. The third kappa shape index (κ3) is 5.36. The fraction of sp³-hybridized carbons (Fsp3) is 0.407. The number of carbonyl (C=O) groups excluding carboxylic acids is 1. The van der Waals surface area contributed by atoms with Crippen LogP contribution in [0.4, 0.5) is 5.82 Å². The van der Waals surface area contributed by atoms with Crippen molar-refractivity contribution >= 4 is 44.3 Å². The summed E-state index contributed by atoms with van der Waals surface area (Å²) >= 11 is 6.21. The van der Waals surface area contributed by atoms with Gasteiger partial charge in [-0.05, 0) is 67.6 Å². The van der Waals surface area contributed by atoms with E-state index in [4.69, 9.17) is 16.6 Å². The highest BCUT2D eigenvalue weighted by atomic mass is 35.5. The molecule has 3 heterocycles. The van der Waals surface area contributed by atoms with E-state index < -0.39 is 10.0 Å². The minimum absolute atomic E-state index is 0.0213. The van der Waals surface area contributed by atoms with Crippen molar-refractivity contribution in [2.24, 2.45) is 5.92 Å². The van der Waals surface area contributed by atoms with Crippen LogP contribution in [0.3, 0.4) is 0 Å². The van der Waals surface area contributed by atoms with Gasteiger partial charge in [0.1, 0.15) is 5.82 Å². The molecule has 1 unspecified atom stereocenters. The maximum atomic E-state index is 13.1. The number of piperidine rings is 2. The summed E-state index contributed by atoms with van der Waals surface area (Å²) in [4.78, 5) is 20.1. The highest BCUT2D eigenvalue weighted by Gasteiger charge is 2.28. The van der Waals surface area contributed by atoms with Crippen LogP contribution in [-0.2, 0) is 21.4 Å². The molecule has 1 N–H and O–H groups in total. The number of halogens is 1. The zero-order chi connectivity index (χ0) is 25.1. The van der Waals surface area contributed by atoms with Gasteiger partial charge in [-0.1, -0.05) is 36.2 Å². The van der Waals surface area contributed by atoms with Gasteiger partial charge in [-0.3, -0.25) is 4.79 Å². The second kappa shape index (κ2) is 10.7. The highest BCUT2D eigenvalue weighted by molar-refractivity contribution is 7.89. The fourth-order valence-electron chi connectivity index (χ4n) is 5.05. The van der Waals surface area contributed by atoms with Crippen molar-refractivity contribution in [3.63, 3.8) is 0 Å². The SMILES string of the molecule is O=C(NCc1ccccc1Cl)C1CCCN(c2ccc3cc(S(=O)(=O)N4CCCCC4)ccc3n2)C1. The Balaban J connectivity index is 1.27. The molecular weight excluding hydrogens is 496 g/mol. The molecule has 0 spiro atoms. The van der Waals surface area contributed by atoms with Crippen molar-refractivity contribution in [3.8, 4) is 0 Å². The van der Waals surface area contributed by atoms with Crippen LogP contribution in [0, 0.1) is 5.92 Å². The Bertz CT molecular complexity index is 1360. The summed E-state index contributed by atoms with van der Waals surface area (Å²) in [7, 11) is -3.49. The molecule has 7 nitrogen and oxygen atoms in total. The number of anilines is 1. The molecule has 0 saturated carbocycles. The summed E-state index contributed by atoms with van der Waals surface area (Å²) in [5, 5.41) is 4.47. The van der Waals surface area contributed by atoms with Gasteiger partial charge in [-0.25, -0.2) is 13.4 Å². The predicted molar refractivity (Wildman–Crippen MR) is 143 cm³/mol. The molecule has 0 bridgehead atoms. The number of benzene rings is 2. The van der Waals surface area contributed by atoms with Crippen molar-refractivity contribution in [2.45, 2.75) is 43.5 Å². The lowest BCUT2D eigenvalue weighted by atomic mass is 9.97. The third-order valence-electron chi connectivity index (χ3n) is 7.13. The number of carbonyl (C=O) groups is 1. The van der Waals surface area contributed by atoms with Gasteiger partial charge in [-0.15, -0.1) is 0 Å². The van der Waals surface area contributed by atoms with Crippen molar-refractivity contribution in [2.75, 3.05) is 31.1 Å². The number of amides is 1. The quantitative estimate of drug-likeness (QED) is 0.507. The second-order valence-electron chi connectivity index (χ2n) is 9.58. The standard InChI is InChI=1S/C27H31ClN4O3S/c28-24-9-3-2-7-21(24)18-29-27(33)22-8-6-14-31(19-22)26-13-10-20-17-23(11-12-25(20)30-26)36(34,35)32-15-4-1-5-16-32/h2-3,7,9-13,17,22H,1,4-6,8,14-16,18-19H2,(H,29,33). The number of sulfonamides is 1. The molecule has 2 saturated heterocycles. The molecule has 0 aliphatic carbocycles. The number of pyridine rings is 1. The first kappa shape index (κ1) is 25.0. The highest BCUT2D eigenvalue weighted by Crippen LogP contribution is 2.27. The lowest BCUT2D eigenvalue weighted by Gasteiger charge is -2.33. The van der Waals surface area contributed by atoms with E-state index in [1.807, 2.05) is 36.4 Å². The van der Waals surface area contributed by atoms with E-state index in [0.717, 1.165) is 60.9 Å². The number of rotatable bonds is 6. The number of aromatic nitrogens is 1. The molecular formula is C27H31ClN4O3S. The molecule has 2 aliphatic rings. The molecule has 0 radical (unpaired) electrons. The molecule has 2 aliphatic heterocycles. The fourth-order valence-corrected chi connectivity index (χ4v) is 6.81. The molecule has 1 amide bonds. The van der Waals surface area contributed by atoms with E-state index in [1.54, 1.807) is 22.5 Å². The Labute approximate surface area is 217 Å². The number of hydrogen-bond donors (Lipinski definition) is 1. The molecule has 2 fully saturated rings. The van der Waals surface area contributed by atoms with Gasteiger partial charge >= 0.3 is 0 Å². The Morgan fingerprint density at radius 2 is 1.81 bits per heavy atom. The molecule has 36 heavy (non-hydrogen) atoms. The monoisotopic (exact) mass is 526 g/mol. The predicted octanol–water partition coefficient (Wildman–Crippen LogP) is 4.60. The Morgan fingerprint density at radius 1 is 1.00 bits per heavy atom. The topological polar surface area (TPSA) is 82.6 Å². The van der Waals surface area contributed by atoms with E-state index in [1.165, 1.54) is 0 Å². The van der Waals surface area contributed by atoms with E-state index in [0.29, 0.717) is 36.1 Å². The van der Waals surface area contributed by atoms with Crippen LogP contribution < -0.4 is 10.2 Å². The average Bonchev–Trinajstić information content (AvgIpc) is 2.92. The molecule has 9 heteroatoms. The first-order chi connectivity index (χ1) is 17.4. The van der Waals surface area contributed by atoms with E-state index in [9.17, 15) is 13.2 Å². The maximum Gasteiger partial charge on any atom is 0.243 e. The Hall–Kier alpha value is -2.68. The Morgan fingerprint density at radius 3 is 2.61 bits per heavy atom. The van der Waals surface area contributed by atoms with Crippen molar-refractivity contribution in [1.82, 2.24) is 14.6 Å². The smallest absolute Gasteiger partial charge is 0.243 e. The van der Waals surface area contributed by atoms with Gasteiger partial charge in [0, 0.05) is 43.1 Å². The number of nitrogens with one attached hydrogen (secondary N) is 1. The van der Waals surface area contributed by atoms with Crippen molar-refractivity contribution in [1.29, 1.82) is 0 Å². The van der Waals surface area contributed by atoms with Gasteiger partial charge in [-0.2, -0.15) is 4.31 Å². The van der Waals surface area contributed by atoms with E-state index in [2.05, 4.69) is 10.2 Å². The van der Waals surface area contributed by atoms with Crippen LogP contribution >= 0.6 is 11.6 Å². The summed E-state index contributed by atoms with van der Waals surface area (Å²) in [6.07, 6.45) is 4.63. The molecule has 1 atom stereocenters. The molecule has 2 aromatic carbocycles. The lowest BCUT2D eigenvalue weighted by molar-refractivity contribution is -0.125. The summed E-state index contributed by atoms with van der Waals surface area (Å²) in [5.74, 6) is 0.696. The van der Waals surface area contributed by atoms with Crippen LogP contribution in [0.1, 0.15) is 37.7 Å². The number of fused-ring (bicyclic) bond motifs is 1. The number of nitrogens with zero attached hydrogens (tertiary/aromatic N) is 3.